The Balaban J connectivity index is 1.49. The van der Waals surface area contributed by atoms with Crippen LogP contribution in [0.25, 0.3) is 0 Å². The highest BCUT2D eigenvalue weighted by molar-refractivity contribution is 6.36. The van der Waals surface area contributed by atoms with Crippen molar-refractivity contribution in [3.8, 4) is 0 Å². The van der Waals surface area contributed by atoms with E-state index in [4.69, 9.17) is 34.3 Å². The highest BCUT2D eigenvalue weighted by Gasteiger charge is 2.30. The highest BCUT2D eigenvalue weighted by atomic mass is 35.5. The number of hydrogen-bond donors (Lipinski definition) is 4. The maximum Gasteiger partial charge on any atom is 0.194 e. The van der Waals surface area contributed by atoms with Crippen LogP contribution in [0, 0.1) is 11.2 Å². The molecule has 0 bridgehead atoms. The van der Waals surface area contributed by atoms with Crippen molar-refractivity contribution in [3.63, 3.8) is 0 Å². The molecule has 2 aliphatic rings. The lowest BCUT2D eigenvalue weighted by molar-refractivity contribution is 0.231. The maximum absolute atomic E-state index is 14.0. The standard InChI is InChI=1S/C20H25Cl2FN8/c21-13-1-2-14(23)17(22)12(13)10-31-8-7-27-18(25)16(31)9-15(24)20-28-19(29-30-20)11-3-5-26-6-4-11/h1-2,11,16,24,26H,3-10H2,(H2,25,27)(H,28,29,30). The van der Waals surface area contributed by atoms with Crippen molar-refractivity contribution >= 4 is 34.7 Å². The fourth-order valence-corrected chi connectivity index (χ4v) is 4.56. The molecule has 2 aromatic rings. The maximum atomic E-state index is 14.0. The molecule has 4 rings (SSSR count). The third-order valence-corrected chi connectivity index (χ3v) is 6.62. The Morgan fingerprint density at radius 2 is 2.06 bits per heavy atom. The van der Waals surface area contributed by atoms with Gasteiger partial charge in [0.05, 0.1) is 23.3 Å². The Hall–Kier alpha value is -2.07. The average molecular weight is 467 g/mol. The lowest BCUT2D eigenvalue weighted by atomic mass is 9.97. The molecule has 3 heterocycles. The number of benzene rings is 1. The second kappa shape index (κ2) is 9.60. The molecular weight excluding hydrogens is 442 g/mol. The summed E-state index contributed by atoms with van der Waals surface area (Å²) >= 11 is 12.4. The summed E-state index contributed by atoms with van der Waals surface area (Å²) in [7, 11) is 0. The summed E-state index contributed by atoms with van der Waals surface area (Å²) in [5.41, 5.74) is 6.96. The minimum Gasteiger partial charge on any atom is -0.386 e. The first-order chi connectivity index (χ1) is 14.9. The monoisotopic (exact) mass is 466 g/mol. The molecule has 0 saturated carbocycles. The molecule has 1 fully saturated rings. The van der Waals surface area contributed by atoms with Gasteiger partial charge in [-0.1, -0.05) is 23.2 Å². The fraction of sp³-hybridized carbons (Fsp3) is 0.500. The van der Waals surface area contributed by atoms with Crippen LogP contribution in [0.2, 0.25) is 10.0 Å². The van der Waals surface area contributed by atoms with Gasteiger partial charge in [-0.3, -0.25) is 15.0 Å². The molecular formula is C20H25Cl2FN8. The summed E-state index contributed by atoms with van der Waals surface area (Å²) < 4.78 is 14.0. The number of nitrogens with one attached hydrogen (secondary N) is 3. The van der Waals surface area contributed by atoms with Crippen molar-refractivity contribution < 1.29 is 4.39 Å². The van der Waals surface area contributed by atoms with Gasteiger partial charge < -0.3 is 16.5 Å². The smallest absolute Gasteiger partial charge is 0.194 e. The Labute approximate surface area is 189 Å². The first-order valence-electron chi connectivity index (χ1n) is 10.3. The van der Waals surface area contributed by atoms with E-state index in [2.05, 4.69) is 25.5 Å². The van der Waals surface area contributed by atoms with Crippen molar-refractivity contribution in [1.82, 2.24) is 25.4 Å². The molecule has 1 saturated heterocycles. The number of rotatable bonds is 6. The largest absolute Gasteiger partial charge is 0.386 e. The van der Waals surface area contributed by atoms with Crippen molar-refractivity contribution in [3.05, 3.63) is 45.2 Å². The Bertz CT molecular complexity index is 986. The molecule has 11 heteroatoms. The summed E-state index contributed by atoms with van der Waals surface area (Å²) in [6, 6.07) is 2.39. The van der Waals surface area contributed by atoms with Crippen molar-refractivity contribution in [2.75, 3.05) is 26.2 Å². The van der Waals surface area contributed by atoms with E-state index in [1.165, 1.54) is 12.1 Å². The molecule has 0 radical (unpaired) electrons. The van der Waals surface area contributed by atoms with Crippen LogP contribution in [0.5, 0.6) is 0 Å². The van der Waals surface area contributed by atoms with Crippen LogP contribution < -0.4 is 11.1 Å². The Morgan fingerprint density at radius 3 is 2.84 bits per heavy atom. The van der Waals surface area contributed by atoms with E-state index in [1.54, 1.807) is 0 Å². The third kappa shape index (κ3) is 4.90. The summed E-state index contributed by atoms with van der Waals surface area (Å²) in [4.78, 5) is 10.9. The number of amidine groups is 1. The summed E-state index contributed by atoms with van der Waals surface area (Å²) in [6.07, 6.45) is 2.27. The molecule has 31 heavy (non-hydrogen) atoms. The van der Waals surface area contributed by atoms with Crippen LogP contribution in [0.15, 0.2) is 17.1 Å². The van der Waals surface area contributed by atoms with Gasteiger partial charge >= 0.3 is 0 Å². The van der Waals surface area contributed by atoms with Gasteiger partial charge in [-0.05, 0) is 38.1 Å². The van der Waals surface area contributed by atoms with Crippen molar-refractivity contribution in [2.24, 2.45) is 10.7 Å². The van der Waals surface area contributed by atoms with E-state index in [0.29, 0.717) is 47.8 Å². The molecule has 1 aromatic carbocycles. The molecule has 1 unspecified atom stereocenters. The normalized spacial score (nSPS) is 20.6. The number of piperidine rings is 1. The van der Waals surface area contributed by atoms with Crippen LogP contribution >= 0.6 is 23.2 Å². The minimum atomic E-state index is -0.518. The zero-order valence-corrected chi connectivity index (χ0v) is 18.5. The SMILES string of the molecule is N=C(CC1C(N)=NCCN1Cc1c(Cl)ccc(F)c1Cl)c1n[nH]c(C2CCNCC2)n1. The zero-order valence-electron chi connectivity index (χ0n) is 17.0. The van der Waals surface area contributed by atoms with Gasteiger partial charge in [0.25, 0.3) is 0 Å². The van der Waals surface area contributed by atoms with Crippen molar-refractivity contribution in [2.45, 2.75) is 37.8 Å². The molecule has 5 N–H and O–H groups in total. The number of aromatic amines is 1. The summed E-state index contributed by atoms with van der Waals surface area (Å²) in [5, 5.41) is 19.5. The van der Waals surface area contributed by atoms with Gasteiger partial charge in [0.1, 0.15) is 17.5 Å². The predicted octanol–water partition coefficient (Wildman–Crippen LogP) is 2.72. The highest BCUT2D eigenvalue weighted by Crippen LogP contribution is 2.30. The van der Waals surface area contributed by atoms with Gasteiger partial charge in [0, 0.05) is 36.0 Å². The van der Waals surface area contributed by atoms with Crippen molar-refractivity contribution in [1.29, 1.82) is 5.41 Å². The van der Waals surface area contributed by atoms with Crippen LogP contribution in [0.4, 0.5) is 4.39 Å². The van der Waals surface area contributed by atoms with Gasteiger partial charge in [0.2, 0.25) is 0 Å². The first-order valence-corrected chi connectivity index (χ1v) is 11.1. The van der Waals surface area contributed by atoms with E-state index in [0.717, 1.165) is 31.8 Å². The molecule has 166 valence electrons. The van der Waals surface area contributed by atoms with Gasteiger partial charge in [-0.15, -0.1) is 0 Å². The molecule has 1 atom stereocenters. The number of nitrogens with zero attached hydrogens (tertiary/aromatic N) is 4. The van der Waals surface area contributed by atoms with E-state index >= 15 is 0 Å². The quantitative estimate of drug-likeness (QED) is 0.385. The lowest BCUT2D eigenvalue weighted by Gasteiger charge is -2.34. The summed E-state index contributed by atoms with van der Waals surface area (Å²) in [5.74, 6) is 1.42. The number of hydrogen-bond acceptors (Lipinski definition) is 7. The van der Waals surface area contributed by atoms with Gasteiger partial charge in [0.15, 0.2) is 5.82 Å². The number of aliphatic imine (C=N–C) groups is 1. The van der Waals surface area contributed by atoms with Crippen LogP contribution in [-0.2, 0) is 6.54 Å². The third-order valence-electron chi connectivity index (χ3n) is 5.86. The second-order valence-corrected chi connectivity index (χ2v) is 8.65. The number of H-pyrrole nitrogens is 1. The van der Waals surface area contributed by atoms with Gasteiger partial charge in [-0.2, -0.15) is 5.10 Å². The number of nitrogens with two attached hydrogens (primary N) is 1. The van der Waals surface area contributed by atoms with E-state index < -0.39 is 5.82 Å². The fourth-order valence-electron chi connectivity index (χ4n) is 4.07. The van der Waals surface area contributed by atoms with Crippen LogP contribution in [0.1, 0.15) is 42.4 Å². The molecule has 1 aromatic heterocycles. The molecule has 0 spiro atoms. The molecule has 2 aliphatic heterocycles. The van der Waals surface area contributed by atoms with Gasteiger partial charge in [-0.25, -0.2) is 9.37 Å². The second-order valence-electron chi connectivity index (χ2n) is 7.87. The Morgan fingerprint density at radius 1 is 1.29 bits per heavy atom. The average Bonchev–Trinajstić information content (AvgIpc) is 3.27. The topological polar surface area (TPSA) is 119 Å². The predicted molar refractivity (Wildman–Crippen MR) is 120 cm³/mol. The molecule has 8 nitrogen and oxygen atoms in total. The lowest BCUT2D eigenvalue weighted by Crippen LogP contribution is -2.50. The number of aromatic nitrogens is 3. The van der Waals surface area contributed by atoms with E-state index in [9.17, 15) is 4.39 Å². The van der Waals surface area contributed by atoms with Crippen LogP contribution in [-0.4, -0.2) is 63.8 Å². The van der Waals surface area contributed by atoms with Crippen LogP contribution in [0.3, 0.4) is 0 Å². The first kappa shape index (κ1) is 22.1. The minimum absolute atomic E-state index is 0.00277. The Kier molecular flexibility index (Phi) is 6.86. The number of halogens is 3. The summed E-state index contributed by atoms with van der Waals surface area (Å²) in [6.45, 7) is 3.32. The molecule has 0 aliphatic carbocycles. The van der Waals surface area contributed by atoms with E-state index in [1.807, 2.05) is 4.90 Å². The van der Waals surface area contributed by atoms with E-state index in [-0.39, 0.29) is 23.2 Å². The zero-order chi connectivity index (χ0) is 22.0. The molecule has 0 amide bonds.